The van der Waals surface area contributed by atoms with Crippen molar-refractivity contribution in [3.05, 3.63) is 36.4 Å². The third-order valence-electron chi connectivity index (χ3n) is 15.8. The quantitative estimate of drug-likeness (QED) is 0.0166. The number of guanidine groups is 1. The fraction of sp³-hybridized carbons (Fsp3) is 0.639. The summed E-state index contributed by atoms with van der Waals surface area (Å²) in [5.41, 5.74) is 34.0. The number of nitrogens with zero attached hydrogens (tertiary/aromatic N) is 3. The number of aliphatic imine (C=N–C) groups is 1. The molecule has 42 nitrogen and oxygen atoms in total. The first kappa shape index (κ1) is 88.6. The zero-order chi connectivity index (χ0) is 77.8. The molecule has 30 N–H and O–H groups in total. The van der Waals surface area contributed by atoms with Crippen molar-refractivity contribution < 1.29 is 97.5 Å². The van der Waals surface area contributed by atoms with E-state index in [9.17, 15) is 92.3 Å². The minimum atomic E-state index is -2.02. The summed E-state index contributed by atoms with van der Waals surface area (Å²) in [7, 11) is 0. The summed E-state index contributed by atoms with van der Waals surface area (Å²) in [6, 6.07) is -19.8. The number of imidazole rings is 2. The third-order valence-corrected chi connectivity index (χ3v) is 15.8. The van der Waals surface area contributed by atoms with Crippen molar-refractivity contribution in [1.29, 1.82) is 0 Å². The summed E-state index contributed by atoms with van der Waals surface area (Å²) in [5.74, 6) is -18.6. The molecule has 2 aromatic rings. The lowest BCUT2D eigenvalue weighted by Gasteiger charge is -2.32. The number of aromatic nitrogens is 4. The molecular weight excluding hydrogens is 1360 g/mol. The number of aromatic amines is 2. The van der Waals surface area contributed by atoms with Gasteiger partial charge in [0.15, 0.2) is 5.96 Å². The molecule has 0 aliphatic heterocycles. The molecule has 0 aliphatic carbocycles. The number of rotatable bonds is 50. The van der Waals surface area contributed by atoms with Crippen molar-refractivity contribution >= 4 is 94.7 Å². The second-order valence-electron chi connectivity index (χ2n) is 25.2. The van der Waals surface area contributed by atoms with Gasteiger partial charge >= 0.3 is 11.9 Å². The number of hydrogen-bond acceptors (Lipinski definition) is 23. The molecule has 1 unspecified atom stereocenters. The van der Waals surface area contributed by atoms with E-state index in [1.165, 1.54) is 38.9 Å². The van der Waals surface area contributed by atoms with Gasteiger partial charge in [-0.3, -0.25) is 76.9 Å². The molecular formula is C61H102N22O20. The lowest BCUT2D eigenvalue weighted by atomic mass is 9.83. The van der Waals surface area contributed by atoms with Crippen LogP contribution in [-0.4, -0.2) is 245 Å². The van der Waals surface area contributed by atoms with Crippen molar-refractivity contribution in [3.63, 3.8) is 0 Å². The Morgan fingerprint density at radius 3 is 1.36 bits per heavy atom. The van der Waals surface area contributed by atoms with Gasteiger partial charge in [-0.05, 0) is 89.5 Å². The number of carboxylic acid groups (broad SMARTS) is 2. The lowest BCUT2D eigenvalue weighted by molar-refractivity contribution is -0.139. The first-order valence-electron chi connectivity index (χ1n) is 33.1. The molecule has 0 saturated heterocycles. The molecule has 0 bridgehead atoms. The lowest BCUT2D eigenvalue weighted by Crippen LogP contribution is -2.62. The van der Waals surface area contributed by atoms with Crippen LogP contribution in [0.25, 0.3) is 0 Å². The zero-order valence-electron chi connectivity index (χ0n) is 58.2. The van der Waals surface area contributed by atoms with E-state index in [2.05, 4.69) is 83.4 Å². The van der Waals surface area contributed by atoms with E-state index < -0.39 is 224 Å². The third kappa shape index (κ3) is 32.8. The van der Waals surface area contributed by atoms with Gasteiger partial charge in [0.05, 0.1) is 38.4 Å². The van der Waals surface area contributed by atoms with Gasteiger partial charge in [0.2, 0.25) is 76.8 Å². The Morgan fingerprint density at radius 2 is 0.913 bits per heavy atom. The number of H-pyrrole nitrogens is 2. The smallest absolute Gasteiger partial charge is 0.303 e. The first-order valence-corrected chi connectivity index (χ1v) is 33.1. The molecule has 0 saturated carbocycles. The molecule has 42 heteroatoms. The fourth-order valence-corrected chi connectivity index (χ4v) is 10.1. The zero-order valence-corrected chi connectivity index (χ0v) is 58.2. The first-order chi connectivity index (χ1) is 48.4. The number of carbonyl (C=O) groups excluding carboxylic acids is 13. The Bertz CT molecular complexity index is 3190. The maximum Gasteiger partial charge on any atom is 0.303 e. The van der Waals surface area contributed by atoms with Gasteiger partial charge in [-0.2, -0.15) is 0 Å². The minimum Gasteiger partial charge on any atom is -0.481 e. The Hall–Kier alpha value is -10.5. The molecule has 103 heavy (non-hydrogen) atoms. The van der Waals surface area contributed by atoms with Gasteiger partial charge in [-0.1, -0.05) is 27.7 Å². The molecule has 14 atom stereocenters. The Labute approximate surface area is 592 Å². The summed E-state index contributed by atoms with van der Waals surface area (Å²) >= 11 is 0. The molecule has 13 amide bonds. The summed E-state index contributed by atoms with van der Waals surface area (Å²) < 4.78 is 0. The number of aliphatic carboxylic acids is 2. The standard InChI is InChI=1S/C61H102N22O20/c1-28(2)18-38(55(98)74-36(12-9-17-70-61(66)67)51(94)78-39(19-32-22-68-26-71-32)54(97)73-30(5)50(93)83-48(34(29(3)4)10-8-16-62)60(103)81-42(24-84)49(65)92)77-56(99)40(20-33-23-69-27-72-33)79-57(100)41(21-44(63)87)80-53(96)37(14-15-46(90)91)75-58(101)43(25-85)82-52(95)35(11-7-13-45(88)89)76-59(102)47(64)31(6)86/h22-23,26-31,34-43,47-48,84-86H,7-21,24-25,62,64H2,1-6H3,(H2,63,87)(H2,65,92)(H,68,71)(H,69,72)(H,73,97)(H,74,98)(H,75,101)(H,76,102)(H,77,99)(H,78,94)(H,79,100)(H,80,96)(H,81,103)(H,82,95)(H,83,93)(H,88,89)(H,90,91)(H4,66,67,70)/t30-,31+,34?,35-,36-,37-,38-,39-,40-,41-,42-,43-,47-,48-/m0/s1. The highest BCUT2D eigenvalue weighted by Crippen LogP contribution is 2.22. The highest BCUT2D eigenvalue weighted by Gasteiger charge is 2.39. The van der Waals surface area contributed by atoms with Crippen LogP contribution in [0.3, 0.4) is 0 Å². The second-order valence-corrected chi connectivity index (χ2v) is 25.2. The fourth-order valence-electron chi connectivity index (χ4n) is 10.1. The highest BCUT2D eigenvalue weighted by molar-refractivity contribution is 6.00. The molecule has 576 valence electrons. The molecule has 2 heterocycles. The molecule has 0 radical (unpaired) electrons. The Kier molecular flexibility index (Phi) is 39.1. The summed E-state index contributed by atoms with van der Waals surface area (Å²) in [5, 5.41) is 75.0. The van der Waals surface area contributed by atoms with Gasteiger partial charge in [0.25, 0.3) is 0 Å². The van der Waals surface area contributed by atoms with E-state index in [-0.39, 0.29) is 69.2 Å². The maximum absolute atomic E-state index is 14.7. The summed E-state index contributed by atoms with van der Waals surface area (Å²) in [4.78, 5) is 219. The molecule has 0 fully saturated rings. The number of carboxylic acids is 2. The van der Waals surface area contributed by atoms with Gasteiger partial charge in [0, 0.05) is 56.0 Å². The Balaban J connectivity index is 2.58. The van der Waals surface area contributed by atoms with Gasteiger partial charge in [-0.25, -0.2) is 9.97 Å². The SMILES string of the molecule is CC(C)C[C@H](NC(=O)[C@H](Cc1cnc[nH]1)NC(=O)[C@H](CC(N)=O)NC(=O)[C@H](CCC(=O)O)NC(=O)[C@H](CO)NC(=O)[C@H](CCCC(=O)O)NC(=O)[C@@H](N)[C@@H](C)O)C(=O)N[C@@H](CCCN=C(N)N)C(=O)N[C@@H](Cc1cnc[nH]1)C(=O)N[C@@H](C)C(=O)N[C@H](C(=O)N[C@@H](CO)C(N)=O)C(CCCN)C(C)C. The predicted octanol–water partition coefficient (Wildman–Crippen LogP) is -9.45. The van der Waals surface area contributed by atoms with Crippen LogP contribution in [0.15, 0.2) is 30.0 Å². The molecule has 0 aliphatic rings. The monoisotopic (exact) mass is 1460 g/mol. The van der Waals surface area contributed by atoms with Crippen molar-refractivity contribution in [3.8, 4) is 0 Å². The van der Waals surface area contributed by atoms with Gasteiger partial charge in [-0.15, -0.1) is 0 Å². The number of amides is 13. The molecule has 2 aromatic heterocycles. The number of aliphatic hydroxyl groups excluding tert-OH is 3. The number of primary amides is 2. The maximum atomic E-state index is 14.7. The highest BCUT2D eigenvalue weighted by atomic mass is 16.4. The van der Waals surface area contributed by atoms with E-state index in [1.54, 1.807) is 27.7 Å². The van der Waals surface area contributed by atoms with E-state index >= 15 is 0 Å². The number of nitrogens with one attached hydrogen (secondary N) is 13. The van der Waals surface area contributed by atoms with Crippen LogP contribution in [-0.2, 0) is 84.8 Å². The van der Waals surface area contributed by atoms with Crippen LogP contribution >= 0.6 is 0 Å². The molecule has 0 spiro atoms. The normalized spacial score (nSPS) is 15.3. The van der Waals surface area contributed by atoms with Crippen LogP contribution in [0.5, 0.6) is 0 Å². The minimum absolute atomic E-state index is 0.0155. The second kappa shape index (κ2) is 45.4. The average molecular weight is 1460 g/mol. The van der Waals surface area contributed by atoms with E-state index in [4.69, 9.17) is 39.5 Å². The predicted molar refractivity (Wildman–Crippen MR) is 363 cm³/mol. The largest absolute Gasteiger partial charge is 0.481 e. The van der Waals surface area contributed by atoms with Crippen molar-refractivity contribution in [2.24, 2.45) is 57.1 Å². The van der Waals surface area contributed by atoms with Crippen LogP contribution in [0, 0.1) is 17.8 Å². The molecule has 2 rings (SSSR count). The molecule has 0 aromatic carbocycles. The number of nitrogens with two attached hydrogens (primary N) is 6. The number of carbonyl (C=O) groups is 15. The van der Waals surface area contributed by atoms with Gasteiger partial charge < -0.3 is 128 Å². The topological polar surface area (TPSA) is 715 Å². The van der Waals surface area contributed by atoms with E-state index in [0.717, 1.165) is 0 Å². The van der Waals surface area contributed by atoms with Crippen molar-refractivity contribution in [2.75, 3.05) is 26.3 Å². The van der Waals surface area contributed by atoms with Crippen molar-refractivity contribution in [1.82, 2.24) is 78.4 Å². The van der Waals surface area contributed by atoms with E-state index in [0.29, 0.717) is 18.5 Å². The van der Waals surface area contributed by atoms with Crippen LogP contribution in [0.4, 0.5) is 0 Å². The summed E-state index contributed by atoms with van der Waals surface area (Å²) in [6.45, 7) is 7.49. The van der Waals surface area contributed by atoms with Crippen LogP contribution < -0.4 is 92.9 Å². The van der Waals surface area contributed by atoms with Crippen LogP contribution in [0.2, 0.25) is 0 Å². The Morgan fingerprint density at radius 1 is 0.485 bits per heavy atom. The number of hydrogen-bond donors (Lipinski definition) is 24. The van der Waals surface area contributed by atoms with Crippen LogP contribution in [0.1, 0.15) is 124 Å². The average Bonchev–Trinajstić information content (AvgIpc) is 1.21. The van der Waals surface area contributed by atoms with E-state index in [1.807, 2.05) is 0 Å². The number of aliphatic hydroxyl groups is 3. The summed E-state index contributed by atoms with van der Waals surface area (Å²) in [6.07, 6.45) is -0.258. The van der Waals surface area contributed by atoms with Crippen molar-refractivity contribution in [2.45, 2.75) is 204 Å². The van der Waals surface area contributed by atoms with Gasteiger partial charge in [0.1, 0.15) is 72.5 Å².